The van der Waals surface area contributed by atoms with Crippen LogP contribution in [0, 0.1) is 12.7 Å². The Kier molecular flexibility index (Phi) is 8.86. The molecule has 2 heterocycles. The van der Waals surface area contributed by atoms with E-state index < -0.39 is 28.9 Å². The topological polar surface area (TPSA) is 117 Å². The van der Waals surface area contributed by atoms with Gasteiger partial charge in [0.15, 0.2) is 17.3 Å². The highest BCUT2D eigenvalue weighted by Crippen LogP contribution is 2.40. The fourth-order valence-electron chi connectivity index (χ4n) is 6.11. The molecule has 1 aliphatic carbocycles. The molecule has 1 aromatic heterocycles. The normalized spacial score (nSPS) is 15.5. The van der Waals surface area contributed by atoms with Crippen LogP contribution in [-0.4, -0.2) is 60.7 Å². The Balaban J connectivity index is 1.22. The van der Waals surface area contributed by atoms with Crippen LogP contribution in [0.1, 0.15) is 51.4 Å². The Hall–Kier alpha value is -4.62. The number of anilines is 1. The van der Waals surface area contributed by atoms with Crippen LogP contribution in [0.5, 0.6) is 17.2 Å². The maximum absolute atomic E-state index is 14.1. The largest absolute Gasteiger partial charge is 0.487 e. The van der Waals surface area contributed by atoms with Gasteiger partial charge in [-0.15, -0.1) is 0 Å². The van der Waals surface area contributed by atoms with Crippen molar-refractivity contribution in [3.8, 4) is 22.9 Å². The molecule has 6 rings (SSSR count). The minimum absolute atomic E-state index is 0.0913. The molecule has 0 unspecified atom stereocenters. The minimum Gasteiger partial charge on any atom is -0.487 e. The molecule has 4 aromatic rings. The summed E-state index contributed by atoms with van der Waals surface area (Å²) in [6.07, 6.45) is 2.94. The lowest BCUT2D eigenvalue weighted by Gasteiger charge is -2.31. The van der Waals surface area contributed by atoms with Crippen molar-refractivity contribution in [2.24, 2.45) is 0 Å². The number of carbonyl (C=O) groups excluding carboxylic acids is 1. The van der Waals surface area contributed by atoms with Gasteiger partial charge in [-0.1, -0.05) is 18.2 Å². The predicted octanol–water partition coefficient (Wildman–Crippen LogP) is 6.30. The molecule has 1 aliphatic heterocycles. The third kappa shape index (κ3) is 6.77. The molecule has 9 nitrogen and oxygen atoms in total. The van der Waals surface area contributed by atoms with Crippen molar-refractivity contribution in [2.45, 2.75) is 38.5 Å². The summed E-state index contributed by atoms with van der Waals surface area (Å²) in [5, 5.41) is 4.37. The number of carbonyl (C=O) groups is 1. The second-order valence-corrected chi connectivity index (χ2v) is 13.7. The molecular weight excluding hydrogens is 633 g/mol. The van der Waals surface area contributed by atoms with Crippen molar-refractivity contribution < 1.29 is 35.9 Å². The number of aryl methyl sites for hydroxylation is 1. The number of aromatic nitrogens is 2. The summed E-state index contributed by atoms with van der Waals surface area (Å²) >= 11 is 0. The SMILES string of the molecule is Cc1cc(Oc2ccccc2F)ccc1-n1ncc(C(=O)C2=Cc3cc(OCC(F)F)c(C4CCN(S(C)(=O)=O)CC4)cc3C2)c1N. The fraction of sp³-hybridized carbons (Fsp3) is 0.294. The van der Waals surface area contributed by atoms with E-state index in [9.17, 15) is 26.4 Å². The number of nitrogens with zero attached hydrogens (tertiary/aromatic N) is 3. The number of halogens is 3. The molecule has 0 saturated carbocycles. The number of ether oxygens (including phenoxy) is 2. The summed E-state index contributed by atoms with van der Waals surface area (Å²) in [6.45, 7) is 1.68. The van der Waals surface area contributed by atoms with Crippen LogP contribution in [0.15, 0.2) is 66.4 Å². The molecule has 3 aromatic carbocycles. The first-order valence-electron chi connectivity index (χ1n) is 15.0. The Morgan fingerprint density at radius 2 is 1.83 bits per heavy atom. The van der Waals surface area contributed by atoms with Gasteiger partial charge in [0.25, 0.3) is 6.43 Å². The average Bonchev–Trinajstić information content (AvgIpc) is 3.63. The second kappa shape index (κ2) is 12.9. The van der Waals surface area contributed by atoms with Gasteiger partial charge in [-0.05, 0) is 90.4 Å². The molecule has 0 amide bonds. The predicted molar refractivity (Wildman–Crippen MR) is 172 cm³/mol. The zero-order valence-electron chi connectivity index (χ0n) is 25.8. The summed E-state index contributed by atoms with van der Waals surface area (Å²) in [4.78, 5) is 13.7. The average molecular weight is 667 g/mol. The summed E-state index contributed by atoms with van der Waals surface area (Å²) in [5.41, 5.74) is 10.7. The number of sulfonamides is 1. The lowest BCUT2D eigenvalue weighted by atomic mass is 9.87. The van der Waals surface area contributed by atoms with E-state index in [4.69, 9.17) is 15.2 Å². The molecular formula is C34H33F3N4O5S. The Morgan fingerprint density at radius 1 is 1.09 bits per heavy atom. The summed E-state index contributed by atoms with van der Waals surface area (Å²) < 4.78 is 78.4. The van der Waals surface area contributed by atoms with E-state index in [1.807, 2.05) is 13.0 Å². The van der Waals surface area contributed by atoms with Gasteiger partial charge in [0.05, 0.1) is 23.7 Å². The van der Waals surface area contributed by atoms with E-state index >= 15 is 0 Å². The molecule has 2 aliphatic rings. The minimum atomic E-state index is -3.33. The molecule has 47 heavy (non-hydrogen) atoms. The van der Waals surface area contributed by atoms with Crippen molar-refractivity contribution in [1.82, 2.24) is 14.1 Å². The van der Waals surface area contributed by atoms with E-state index in [2.05, 4.69) is 5.10 Å². The number of nitrogens with two attached hydrogens (primary N) is 1. The molecule has 0 spiro atoms. The first kappa shape index (κ1) is 32.3. The summed E-state index contributed by atoms with van der Waals surface area (Å²) in [7, 11) is -3.33. The number of benzene rings is 3. The first-order chi connectivity index (χ1) is 22.4. The number of nitrogen functional groups attached to an aromatic ring is 1. The van der Waals surface area contributed by atoms with Crippen LogP contribution in [0.3, 0.4) is 0 Å². The molecule has 2 N–H and O–H groups in total. The van der Waals surface area contributed by atoms with Gasteiger partial charge >= 0.3 is 0 Å². The molecule has 13 heteroatoms. The Bertz CT molecular complexity index is 1990. The van der Waals surface area contributed by atoms with E-state index in [1.54, 1.807) is 42.5 Å². The van der Waals surface area contributed by atoms with Crippen molar-refractivity contribution in [3.05, 3.63) is 100 Å². The highest BCUT2D eigenvalue weighted by atomic mass is 32.2. The number of para-hydroxylation sites is 1. The van der Waals surface area contributed by atoms with Crippen molar-refractivity contribution in [1.29, 1.82) is 0 Å². The van der Waals surface area contributed by atoms with Crippen LogP contribution < -0.4 is 15.2 Å². The van der Waals surface area contributed by atoms with Crippen LogP contribution >= 0.6 is 0 Å². The molecule has 0 atom stereocenters. The lowest BCUT2D eigenvalue weighted by Crippen LogP contribution is -2.37. The highest BCUT2D eigenvalue weighted by Gasteiger charge is 2.30. The molecule has 0 radical (unpaired) electrons. The lowest BCUT2D eigenvalue weighted by molar-refractivity contribution is 0.0810. The Labute approximate surface area is 270 Å². The third-order valence-electron chi connectivity index (χ3n) is 8.51. The second-order valence-electron chi connectivity index (χ2n) is 11.7. The third-order valence-corrected chi connectivity index (χ3v) is 9.82. The summed E-state index contributed by atoms with van der Waals surface area (Å²) in [6, 6.07) is 14.7. The van der Waals surface area contributed by atoms with Crippen LogP contribution in [0.4, 0.5) is 19.0 Å². The number of piperidine rings is 1. The van der Waals surface area contributed by atoms with Gasteiger partial charge in [-0.2, -0.15) is 5.10 Å². The fourth-order valence-corrected chi connectivity index (χ4v) is 6.99. The van der Waals surface area contributed by atoms with Crippen LogP contribution in [0.2, 0.25) is 0 Å². The van der Waals surface area contributed by atoms with E-state index in [0.717, 1.165) is 16.7 Å². The maximum Gasteiger partial charge on any atom is 0.272 e. The molecule has 0 bridgehead atoms. The number of rotatable bonds is 10. The van der Waals surface area contributed by atoms with E-state index in [0.29, 0.717) is 60.7 Å². The van der Waals surface area contributed by atoms with Gasteiger partial charge in [0.2, 0.25) is 10.0 Å². The van der Waals surface area contributed by atoms with Crippen molar-refractivity contribution in [3.63, 3.8) is 0 Å². The van der Waals surface area contributed by atoms with Crippen molar-refractivity contribution >= 4 is 27.7 Å². The first-order valence-corrected chi connectivity index (χ1v) is 16.9. The quantitative estimate of drug-likeness (QED) is 0.198. The van der Waals surface area contributed by atoms with E-state index in [-0.39, 0.29) is 28.8 Å². The van der Waals surface area contributed by atoms with Gasteiger partial charge in [-0.3, -0.25) is 4.79 Å². The zero-order chi connectivity index (χ0) is 33.5. The van der Waals surface area contributed by atoms with Gasteiger partial charge in [0, 0.05) is 25.1 Å². The number of Topliss-reactive ketones (excluding diaryl/α,β-unsaturated/α-hetero) is 1. The van der Waals surface area contributed by atoms with Crippen LogP contribution in [-0.2, 0) is 16.4 Å². The number of ketones is 1. The van der Waals surface area contributed by atoms with Gasteiger partial charge < -0.3 is 15.2 Å². The standard InChI is InChI=1S/C34H33F3N4O5S/c1-20-13-25(46-30-6-4-3-5-28(30)35)7-8-29(20)41-34(38)27(18-39-41)33(42)24-14-22-16-26(21-9-11-40(12-10-21)47(2,43)44)31(17-23(22)15-24)45-19-32(36)37/h3-8,13,15-18,21,32H,9-12,14,19,38H2,1-2H3. The van der Waals surface area contributed by atoms with Crippen molar-refractivity contribution in [2.75, 3.05) is 31.7 Å². The molecule has 1 fully saturated rings. The number of hydrogen-bond acceptors (Lipinski definition) is 7. The van der Waals surface area contributed by atoms with Crippen LogP contribution in [0.25, 0.3) is 11.8 Å². The number of fused-ring (bicyclic) bond motifs is 1. The monoisotopic (exact) mass is 666 g/mol. The van der Waals surface area contributed by atoms with Gasteiger partial charge in [0.1, 0.15) is 23.9 Å². The number of hydrogen-bond donors (Lipinski definition) is 1. The highest BCUT2D eigenvalue weighted by molar-refractivity contribution is 7.88. The molecule has 1 saturated heterocycles. The van der Waals surface area contributed by atoms with Gasteiger partial charge in [-0.25, -0.2) is 30.6 Å². The summed E-state index contributed by atoms with van der Waals surface area (Å²) in [5.74, 6) is 0.0549. The van der Waals surface area contributed by atoms with E-state index in [1.165, 1.54) is 33.6 Å². The number of alkyl halides is 2. The zero-order valence-corrected chi connectivity index (χ0v) is 26.6. The Morgan fingerprint density at radius 3 is 2.51 bits per heavy atom. The molecule has 246 valence electrons. The maximum atomic E-state index is 14.1. The smallest absolute Gasteiger partial charge is 0.272 e. The number of allylic oxidation sites excluding steroid dienone is 1.